The minimum atomic E-state index is 0. The molecule has 0 aliphatic carbocycles. The van der Waals surface area contributed by atoms with Gasteiger partial charge in [0.05, 0.1) is 0 Å². The molecule has 0 aromatic carbocycles. The van der Waals surface area contributed by atoms with Gasteiger partial charge in [0.25, 0.3) is 0 Å². The predicted octanol–water partition coefficient (Wildman–Crippen LogP) is 0.341. The molecule has 0 atom stereocenters. The van der Waals surface area contributed by atoms with Gasteiger partial charge in [-0.05, 0) is 6.54 Å². The Bertz CT molecular complexity index is 83.9. The normalized spacial score (nSPS) is 20.2. The first kappa shape index (κ1) is 14.0. The highest BCUT2D eigenvalue weighted by molar-refractivity contribution is 5.85. The second kappa shape index (κ2) is 7.13. The molecule has 0 unspecified atom stereocenters. The number of nitrogens with zero attached hydrogens (tertiary/aromatic N) is 2. The predicted molar refractivity (Wildman–Crippen MR) is 52.4 cm³/mol. The molecule has 1 aliphatic rings. The maximum absolute atomic E-state index is 5.56. The molecule has 1 aliphatic heterocycles. The second-order valence-electron chi connectivity index (χ2n) is 2.47. The fourth-order valence-corrected chi connectivity index (χ4v) is 1.08. The molecule has 1 rings (SSSR count). The van der Waals surface area contributed by atoms with E-state index in [-0.39, 0.29) is 24.8 Å². The molecular weight excluding hydrogens is 185 g/mol. The molecule has 0 saturated carbocycles. The van der Waals surface area contributed by atoms with Crippen LogP contribution in [0.15, 0.2) is 0 Å². The molecule has 0 bridgehead atoms. The van der Waals surface area contributed by atoms with Gasteiger partial charge in [0.15, 0.2) is 0 Å². The molecule has 2 N–H and O–H groups in total. The molecule has 0 aromatic rings. The Kier molecular flexibility index (Phi) is 9.08. The van der Waals surface area contributed by atoms with Gasteiger partial charge in [-0.3, -0.25) is 5.84 Å². The van der Waals surface area contributed by atoms with Crippen molar-refractivity contribution < 1.29 is 0 Å². The molecule has 0 spiro atoms. The van der Waals surface area contributed by atoms with Crippen LogP contribution in [-0.4, -0.2) is 42.6 Å². The van der Waals surface area contributed by atoms with Gasteiger partial charge in [-0.25, -0.2) is 5.01 Å². The maximum Gasteiger partial charge on any atom is 0.0257 e. The summed E-state index contributed by atoms with van der Waals surface area (Å²) in [5.41, 5.74) is 0. The molecule has 3 nitrogen and oxygen atoms in total. The van der Waals surface area contributed by atoms with Crippen LogP contribution in [0.2, 0.25) is 0 Å². The Hall–Kier alpha value is 0.460. The molecule has 0 aromatic heterocycles. The molecule has 11 heavy (non-hydrogen) atoms. The van der Waals surface area contributed by atoms with Crippen LogP contribution in [0.4, 0.5) is 0 Å². The van der Waals surface area contributed by atoms with Crippen LogP contribution in [0, 0.1) is 0 Å². The number of hydrogen-bond acceptors (Lipinski definition) is 3. The molecule has 0 amide bonds. The highest BCUT2D eigenvalue weighted by Crippen LogP contribution is 1.94. The Morgan fingerprint density at radius 1 is 1.09 bits per heavy atom. The van der Waals surface area contributed by atoms with E-state index in [1.807, 2.05) is 5.01 Å². The van der Waals surface area contributed by atoms with Crippen molar-refractivity contribution in [2.75, 3.05) is 32.7 Å². The Balaban J connectivity index is 0. The third-order valence-corrected chi connectivity index (χ3v) is 1.85. The van der Waals surface area contributed by atoms with Crippen LogP contribution in [-0.2, 0) is 0 Å². The summed E-state index contributed by atoms with van der Waals surface area (Å²) >= 11 is 0. The average molecular weight is 202 g/mol. The standard InChI is InChI=1S/C6H15N3.2ClH/c1-2-8-3-5-9(7)6-4-8;;/h2-7H2,1H3;2*1H. The van der Waals surface area contributed by atoms with Crippen molar-refractivity contribution in [1.82, 2.24) is 9.91 Å². The fourth-order valence-electron chi connectivity index (χ4n) is 1.08. The van der Waals surface area contributed by atoms with Gasteiger partial charge >= 0.3 is 0 Å². The zero-order valence-corrected chi connectivity index (χ0v) is 8.46. The van der Waals surface area contributed by atoms with Gasteiger partial charge in [-0.2, -0.15) is 0 Å². The third-order valence-electron chi connectivity index (χ3n) is 1.85. The van der Waals surface area contributed by atoms with E-state index in [9.17, 15) is 0 Å². The SMILES string of the molecule is CCN1CCN(N)CC1.Cl.Cl. The third kappa shape index (κ3) is 4.82. The first-order chi connectivity index (χ1) is 4.33. The molecule has 5 heteroatoms. The smallest absolute Gasteiger partial charge is 0.0257 e. The van der Waals surface area contributed by atoms with E-state index in [0.717, 1.165) is 32.7 Å². The van der Waals surface area contributed by atoms with Crippen LogP contribution < -0.4 is 5.84 Å². The van der Waals surface area contributed by atoms with Crippen molar-refractivity contribution in [1.29, 1.82) is 0 Å². The Morgan fingerprint density at radius 2 is 1.55 bits per heavy atom. The Labute approximate surface area is 80.7 Å². The molecule has 70 valence electrons. The molecule has 1 saturated heterocycles. The van der Waals surface area contributed by atoms with Gasteiger partial charge in [-0.1, -0.05) is 6.92 Å². The van der Waals surface area contributed by atoms with Gasteiger partial charge in [0, 0.05) is 26.2 Å². The van der Waals surface area contributed by atoms with E-state index >= 15 is 0 Å². The monoisotopic (exact) mass is 201 g/mol. The molecule has 1 heterocycles. The van der Waals surface area contributed by atoms with Crippen LogP contribution in [0.25, 0.3) is 0 Å². The lowest BCUT2D eigenvalue weighted by molar-refractivity contribution is 0.139. The largest absolute Gasteiger partial charge is 0.301 e. The number of halogens is 2. The van der Waals surface area contributed by atoms with Crippen LogP contribution in [0.3, 0.4) is 0 Å². The lowest BCUT2D eigenvalue weighted by Crippen LogP contribution is -2.49. The summed E-state index contributed by atoms with van der Waals surface area (Å²) in [5.74, 6) is 5.56. The number of nitrogens with two attached hydrogens (primary N) is 1. The zero-order chi connectivity index (χ0) is 6.69. The van der Waals surface area contributed by atoms with E-state index in [2.05, 4.69) is 11.8 Å². The van der Waals surface area contributed by atoms with Gasteiger partial charge in [-0.15, -0.1) is 24.8 Å². The summed E-state index contributed by atoms with van der Waals surface area (Å²) in [6.45, 7) is 7.65. The summed E-state index contributed by atoms with van der Waals surface area (Å²) in [6, 6.07) is 0. The van der Waals surface area contributed by atoms with Crippen molar-refractivity contribution in [3.05, 3.63) is 0 Å². The van der Waals surface area contributed by atoms with E-state index in [0.29, 0.717) is 0 Å². The maximum atomic E-state index is 5.56. The Morgan fingerprint density at radius 3 is 1.91 bits per heavy atom. The van der Waals surface area contributed by atoms with E-state index in [4.69, 9.17) is 5.84 Å². The van der Waals surface area contributed by atoms with Crippen molar-refractivity contribution in [3.63, 3.8) is 0 Å². The van der Waals surface area contributed by atoms with E-state index < -0.39 is 0 Å². The highest BCUT2D eigenvalue weighted by Gasteiger charge is 2.10. The number of hydrazine groups is 1. The van der Waals surface area contributed by atoms with Crippen molar-refractivity contribution in [2.45, 2.75) is 6.92 Å². The summed E-state index contributed by atoms with van der Waals surface area (Å²) in [5, 5.41) is 1.88. The summed E-state index contributed by atoms with van der Waals surface area (Å²) in [6.07, 6.45) is 0. The highest BCUT2D eigenvalue weighted by atomic mass is 35.5. The van der Waals surface area contributed by atoms with E-state index in [1.165, 1.54) is 0 Å². The molecule has 1 fully saturated rings. The number of piperazine rings is 1. The minimum Gasteiger partial charge on any atom is -0.301 e. The minimum absolute atomic E-state index is 0. The van der Waals surface area contributed by atoms with Crippen LogP contribution in [0.1, 0.15) is 6.92 Å². The molecule has 0 radical (unpaired) electrons. The van der Waals surface area contributed by atoms with E-state index in [1.54, 1.807) is 0 Å². The van der Waals surface area contributed by atoms with Crippen molar-refractivity contribution in [2.24, 2.45) is 5.84 Å². The lowest BCUT2D eigenvalue weighted by Gasteiger charge is -2.30. The average Bonchev–Trinajstić information content (AvgIpc) is 1.90. The number of rotatable bonds is 1. The number of likely N-dealkylation sites (N-methyl/N-ethyl adjacent to an activating group) is 1. The zero-order valence-electron chi connectivity index (χ0n) is 6.82. The first-order valence-corrected chi connectivity index (χ1v) is 3.55. The van der Waals surface area contributed by atoms with Crippen LogP contribution in [0.5, 0.6) is 0 Å². The van der Waals surface area contributed by atoms with Crippen molar-refractivity contribution in [3.8, 4) is 0 Å². The summed E-state index contributed by atoms with van der Waals surface area (Å²) in [4.78, 5) is 2.41. The van der Waals surface area contributed by atoms with Gasteiger partial charge in [0.1, 0.15) is 0 Å². The van der Waals surface area contributed by atoms with Gasteiger partial charge < -0.3 is 4.90 Å². The lowest BCUT2D eigenvalue weighted by atomic mass is 10.3. The summed E-state index contributed by atoms with van der Waals surface area (Å²) in [7, 11) is 0. The van der Waals surface area contributed by atoms with Gasteiger partial charge in [0.2, 0.25) is 0 Å². The molecular formula is C6H17Cl2N3. The number of hydrogen-bond donors (Lipinski definition) is 1. The van der Waals surface area contributed by atoms with Crippen molar-refractivity contribution >= 4 is 24.8 Å². The fraction of sp³-hybridized carbons (Fsp3) is 1.00. The topological polar surface area (TPSA) is 32.5 Å². The quantitative estimate of drug-likeness (QED) is 0.622. The second-order valence-corrected chi connectivity index (χ2v) is 2.47. The first-order valence-electron chi connectivity index (χ1n) is 3.55. The van der Waals surface area contributed by atoms with Crippen LogP contribution >= 0.6 is 24.8 Å². The summed E-state index contributed by atoms with van der Waals surface area (Å²) < 4.78 is 0.